The number of carbonyl (C=O) groups is 3. The molecule has 8 nitrogen and oxygen atoms in total. The molecule has 216 valence electrons. The van der Waals surface area contributed by atoms with Gasteiger partial charge in [0.1, 0.15) is 23.4 Å². The molecule has 4 atom stereocenters. The Morgan fingerprint density at radius 2 is 1.73 bits per heavy atom. The minimum Gasteiger partial charge on any atom is -0.381 e. The molecule has 2 aromatic carbocycles. The lowest BCUT2D eigenvalue weighted by Crippen LogP contribution is -2.59. The summed E-state index contributed by atoms with van der Waals surface area (Å²) in [7, 11) is 1.73. The van der Waals surface area contributed by atoms with Gasteiger partial charge in [-0.3, -0.25) is 14.4 Å². The van der Waals surface area contributed by atoms with Crippen molar-refractivity contribution in [3.63, 3.8) is 0 Å². The number of aryl methyl sites for hydroxylation is 1. The van der Waals surface area contributed by atoms with Gasteiger partial charge < -0.3 is 25.2 Å². The highest BCUT2D eigenvalue weighted by Crippen LogP contribution is 2.54. The number of hydrogen-bond donors (Lipinski definition) is 3. The van der Waals surface area contributed by atoms with Crippen LogP contribution in [-0.4, -0.2) is 60.6 Å². The molecule has 1 saturated carbocycles. The fourth-order valence-corrected chi connectivity index (χ4v) is 6.76. The Bertz CT molecular complexity index is 1460. The highest BCUT2D eigenvalue weighted by molar-refractivity contribution is 8.00. The molecule has 1 aliphatic heterocycles. The van der Waals surface area contributed by atoms with Gasteiger partial charge in [0.15, 0.2) is 6.10 Å². The number of aliphatic hydroxyl groups is 1. The van der Waals surface area contributed by atoms with E-state index in [9.17, 15) is 28.3 Å². The van der Waals surface area contributed by atoms with Gasteiger partial charge in [-0.25, -0.2) is 8.78 Å². The van der Waals surface area contributed by atoms with Crippen molar-refractivity contribution in [2.75, 3.05) is 5.88 Å². The van der Waals surface area contributed by atoms with Crippen LogP contribution in [-0.2, 0) is 23.2 Å². The van der Waals surface area contributed by atoms with Crippen LogP contribution in [0, 0.1) is 11.6 Å². The van der Waals surface area contributed by atoms with Gasteiger partial charge in [-0.1, -0.05) is 36.4 Å². The number of rotatable bonds is 8. The Kier molecular flexibility index (Phi) is 7.69. The van der Waals surface area contributed by atoms with E-state index in [4.69, 9.17) is 0 Å². The monoisotopic (exact) mass is 582 g/mol. The van der Waals surface area contributed by atoms with Crippen molar-refractivity contribution in [3.8, 4) is 0 Å². The number of nitrogens with zero attached hydrogens (tertiary/aromatic N) is 2. The molecule has 2 unspecified atom stereocenters. The molecule has 1 aliphatic carbocycles. The van der Waals surface area contributed by atoms with Crippen molar-refractivity contribution in [3.05, 3.63) is 95.3 Å². The molecule has 0 spiro atoms. The number of aromatic nitrogens is 1. The lowest BCUT2D eigenvalue weighted by molar-refractivity contribution is -0.147. The number of amides is 3. The molecule has 0 radical (unpaired) electrons. The minimum atomic E-state index is -1.65. The third kappa shape index (κ3) is 5.36. The lowest BCUT2D eigenvalue weighted by Gasteiger charge is -2.34. The molecule has 3 N–H and O–H groups in total. The van der Waals surface area contributed by atoms with Gasteiger partial charge in [-0.05, 0) is 50.1 Å². The van der Waals surface area contributed by atoms with Crippen LogP contribution in [0.3, 0.4) is 0 Å². The van der Waals surface area contributed by atoms with Gasteiger partial charge in [-0.15, -0.1) is 11.8 Å². The van der Waals surface area contributed by atoms with Crippen molar-refractivity contribution in [2.45, 2.75) is 55.2 Å². The van der Waals surface area contributed by atoms with Crippen molar-refractivity contribution in [1.29, 1.82) is 0 Å². The molecule has 41 heavy (non-hydrogen) atoms. The van der Waals surface area contributed by atoms with Crippen molar-refractivity contribution >= 4 is 29.5 Å². The van der Waals surface area contributed by atoms with E-state index >= 15 is 0 Å². The second-order valence-corrected chi connectivity index (χ2v) is 12.7. The summed E-state index contributed by atoms with van der Waals surface area (Å²) in [5, 5.41) is 17.1. The average molecular weight is 583 g/mol. The summed E-state index contributed by atoms with van der Waals surface area (Å²) in [5.74, 6) is -3.51. The van der Waals surface area contributed by atoms with Gasteiger partial charge in [0, 0.05) is 36.0 Å². The Morgan fingerprint density at radius 3 is 2.37 bits per heavy atom. The molecule has 1 aromatic heterocycles. The molecule has 11 heteroatoms. The van der Waals surface area contributed by atoms with E-state index in [0.29, 0.717) is 12.1 Å². The zero-order valence-electron chi connectivity index (χ0n) is 22.9. The zero-order chi connectivity index (χ0) is 29.5. The first-order valence-electron chi connectivity index (χ1n) is 13.3. The summed E-state index contributed by atoms with van der Waals surface area (Å²) < 4.78 is 29.2. The van der Waals surface area contributed by atoms with Crippen LogP contribution >= 0.6 is 11.8 Å². The van der Waals surface area contributed by atoms with E-state index in [-0.39, 0.29) is 17.4 Å². The first kappa shape index (κ1) is 28.8. The second kappa shape index (κ2) is 10.9. The Morgan fingerprint density at radius 1 is 1.05 bits per heavy atom. The summed E-state index contributed by atoms with van der Waals surface area (Å²) in [6, 6.07) is 15.1. The quantitative estimate of drug-likeness (QED) is 0.378. The van der Waals surface area contributed by atoms with E-state index in [1.54, 1.807) is 43.8 Å². The van der Waals surface area contributed by atoms with Gasteiger partial charge in [-0.2, -0.15) is 0 Å². The summed E-state index contributed by atoms with van der Waals surface area (Å²) in [5.41, 5.74) is -0.329. The van der Waals surface area contributed by atoms with Crippen LogP contribution in [0.5, 0.6) is 0 Å². The number of hydrogen-bond acceptors (Lipinski definition) is 5. The maximum absolute atomic E-state index is 14.2. The van der Waals surface area contributed by atoms with Crippen LogP contribution in [0.4, 0.5) is 8.78 Å². The maximum Gasteiger partial charge on any atom is 0.268 e. The zero-order valence-corrected chi connectivity index (χ0v) is 23.8. The van der Waals surface area contributed by atoms with Crippen LogP contribution in [0.15, 0.2) is 66.9 Å². The normalized spacial score (nSPS) is 23.6. The number of nitrogens with one attached hydrogen (secondary N) is 2. The average Bonchev–Trinajstić information content (AvgIpc) is 3.33. The fourth-order valence-electron chi connectivity index (χ4n) is 5.62. The fraction of sp³-hybridized carbons (Fsp3) is 0.367. The Labute approximate surface area is 241 Å². The standard InChI is InChI=1S/C30H32F2N4O4S/c1-29(2)24(27(39)33-16-19-21(31)11-7-12-22(19)32)36(17-41-29)28(40)25(37)30(15-20(30)18-9-5-4-6-10-18)34-26(38)23-13-8-14-35(23)3/h4-14,20,24-25,37H,15-17H2,1-3H3,(H,33,39)(H,34,38)/t20?,24-,25-,30?/m1/s1. The summed E-state index contributed by atoms with van der Waals surface area (Å²) in [6.07, 6.45) is 0.407. The topological polar surface area (TPSA) is 104 Å². The third-order valence-corrected chi connectivity index (χ3v) is 9.40. The molecule has 2 heterocycles. The Hall–Kier alpha value is -3.70. The maximum atomic E-state index is 14.2. The molecule has 0 bridgehead atoms. The van der Waals surface area contributed by atoms with Crippen LogP contribution in [0.25, 0.3) is 0 Å². The number of thioether (sulfide) groups is 1. The van der Waals surface area contributed by atoms with E-state index in [0.717, 1.165) is 17.7 Å². The predicted octanol–water partition coefficient (Wildman–Crippen LogP) is 3.32. The lowest BCUT2D eigenvalue weighted by atomic mass is 9.96. The SMILES string of the molecule is Cn1cccc1C(=O)NC1([C@H](O)C(=O)N2CSC(C)(C)[C@H]2C(=O)NCc2c(F)cccc2F)CC1c1ccccc1. The smallest absolute Gasteiger partial charge is 0.268 e. The highest BCUT2D eigenvalue weighted by Gasteiger charge is 2.64. The van der Waals surface area contributed by atoms with Gasteiger partial charge in [0.05, 0.1) is 11.4 Å². The van der Waals surface area contributed by atoms with Crippen LogP contribution in [0.1, 0.15) is 47.8 Å². The second-order valence-electron chi connectivity index (χ2n) is 11.1. The highest BCUT2D eigenvalue weighted by atomic mass is 32.2. The number of aliphatic hydroxyl groups excluding tert-OH is 1. The van der Waals surface area contributed by atoms with Crippen molar-refractivity contribution < 1.29 is 28.3 Å². The van der Waals surface area contributed by atoms with E-state index in [2.05, 4.69) is 10.6 Å². The number of benzene rings is 2. The third-order valence-electron chi connectivity index (χ3n) is 8.03. The predicted molar refractivity (Wildman–Crippen MR) is 151 cm³/mol. The van der Waals surface area contributed by atoms with Crippen LogP contribution < -0.4 is 10.6 Å². The molecular weight excluding hydrogens is 550 g/mol. The van der Waals surface area contributed by atoms with Gasteiger partial charge in [0.25, 0.3) is 11.8 Å². The first-order valence-corrected chi connectivity index (χ1v) is 14.3. The molecule has 3 aromatic rings. The van der Waals surface area contributed by atoms with E-state index in [1.807, 2.05) is 30.3 Å². The van der Waals surface area contributed by atoms with Gasteiger partial charge >= 0.3 is 0 Å². The Balaban J connectivity index is 1.39. The molecular formula is C30H32F2N4O4S. The van der Waals surface area contributed by atoms with E-state index < -0.39 is 58.3 Å². The van der Waals surface area contributed by atoms with Crippen LogP contribution in [0.2, 0.25) is 0 Å². The first-order chi connectivity index (χ1) is 19.5. The minimum absolute atomic E-state index is 0.118. The molecule has 2 fully saturated rings. The molecule has 1 saturated heterocycles. The van der Waals surface area contributed by atoms with E-state index in [1.165, 1.54) is 22.7 Å². The molecule has 3 amide bonds. The largest absolute Gasteiger partial charge is 0.381 e. The van der Waals surface area contributed by atoms with Crippen molar-refractivity contribution in [2.24, 2.45) is 7.05 Å². The number of halogens is 2. The molecule has 5 rings (SSSR count). The summed E-state index contributed by atoms with van der Waals surface area (Å²) in [4.78, 5) is 41.9. The van der Waals surface area contributed by atoms with Crippen molar-refractivity contribution in [1.82, 2.24) is 20.1 Å². The molecule has 2 aliphatic rings. The summed E-state index contributed by atoms with van der Waals surface area (Å²) in [6.45, 7) is 3.19. The van der Waals surface area contributed by atoms with Gasteiger partial charge in [0.2, 0.25) is 5.91 Å². The summed E-state index contributed by atoms with van der Waals surface area (Å²) >= 11 is 1.35. The number of carbonyl (C=O) groups excluding carboxylic acids is 3.